The van der Waals surface area contributed by atoms with Crippen LogP contribution >= 0.6 is 0 Å². The molecule has 1 aromatic rings. The highest BCUT2D eigenvalue weighted by Gasteiger charge is 2.24. The zero-order chi connectivity index (χ0) is 13.2. The van der Waals surface area contributed by atoms with Gasteiger partial charge in [-0.2, -0.15) is 4.31 Å². The molecular formula is C11H16FNO3S. The van der Waals surface area contributed by atoms with E-state index in [0.29, 0.717) is 0 Å². The summed E-state index contributed by atoms with van der Waals surface area (Å²) in [5, 5.41) is 9.18. The third kappa shape index (κ3) is 3.02. The molecule has 96 valence electrons. The van der Waals surface area contributed by atoms with Gasteiger partial charge < -0.3 is 5.11 Å². The second-order valence-electron chi connectivity index (χ2n) is 4.00. The Hall–Kier alpha value is -0.980. The lowest BCUT2D eigenvalue weighted by atomic mass is 10.2. The molecule has 0 saturated carbocycles. The Labute approximate surface area is 101 Å². The molecule has 0 saturated heterocycles. The number of hydrogen-bond donors (Lipinski definition) is 1. The number of halogens is 1. The monoisotopic (exact) mass is 261 g/mol. The van der Waals surface area contributed by atoms with Gasteiger partial charge in [-0.15, -0.1) is 0 Å². The summed E-state index contributed by atoms with van der Waals surface area (Å²) in [6.45, 7) is 2.88. The second-order valence-corrected chi connectivity index (χ2v) is 6.01. The molecule has 1 atom stereocenters. The van der Waals surface area contributed by atoms with Crippen molar-refractivity contribution in [3.8, 4) is 0 Å². The van der Waals surface area contributed by atoms with Gasteiger partial charge in [0.15, 0.2) is 0 Å². The summed E-state index contributed by atoms with van der Waals surface area (Å²) in [5.74, 6) is -0.559. The van der Waals surface area contributed by atoms with Gasteiger partial charge in [-0.1, -0.05) is 6.07 Å². The molecule has 0 spiro atoms. The summed E-state index contributed by atoms with van der Waals surface area (Å²) in [6.07, 6.45) is -0.774. The van der Waals surface area contributed by atoms with Crippen LogP contribution in [0, 0.1) is 12.7 Å². The Balaban J connectivity index is 3.18. The first-order valence-electron chi connectivity index (χ1n) is 5.16. The van der Waals surface area contributed by atoms with E-state index in [9.17, 15) is 17.9 Å². The van der Waals surface area contributed by atoms with Gasteiger partial charge in [0.25, 0.3) is 0 Å². The van der Waals surface area contributed by atoms with E-state index in [0.717, 1.165) is 4.31 Å². The van der Waals surface area contributed by atoms with Crippen LogP contribution in [0.15, 0.2) is 23.1 Å². The molecule has 0 amide bonds. The highest BCUT2D eigenvalue weighted by Crippen LogP contribution is 2.20. The molecule has 1 aromatic carbocycles. The van der Waals surface area contributed by atoms with Gasteiger partial charge in [-0.3, -0.25) is 0 Å². The summed E-state index contributed by atoms with van der Waals surface area (Å²) < 4.78 is 38.5. The smallest absolute Gasteiger partial charge is 0.243 e. The third-order valence-electron chi connectivity index (χ3n) is 2.43. The van der Waals surface area contributed by atoms with Crippen LogP contribution in [-0.4, -0.2) is 37.5 Å². The largest absolute Gasteiger partial charge is 0.392 e. The molecule has 0 bridgehead atoms. The fourth-order valence-corrected chi connectivity index (χ4v) is 2.99. The zero-order valence-electron chi connectivity index (χ0n) is 10.0. The fraction of sp³-hybridized carbons (Fsp3) is 0.455. The fourth-order valence-electron chi connectivity index (χ4n) is 1.51. The lowest BCUT2D eigenvalue weighted by Gasteiger charge is -2.19. The number of benzene rings is 1. The lowest BCUT2D eigenvalue weighted by Crippen LogP contribution is -2.33. The van der Waals surface area contributed by atoms with E-state index < -0.39 is 21.9 Å². The highest BCUT2D eigenvalue weighted by atomic mass is 32.2. The van der Waals surface area contributed by atoms with Crippen LogP contribution in [0.2, 0.25) is 0 Å². The summed E-state index contributed by atoms with van der Waals surface area (Å²) >= 11 is 0. The van der Waals surface area contributed by atoms with Gasteiger partial charge in [-0.05, 0) is 26.0 Å². The van der Waals surface area contributed by atoms with Crippen molar-refractivity contribution in [3.63, 3.8) is 0 Å². The van der Waals surface area contributed by atoms with Gasteiger partial charge in [0.05, 0.1) is 11.0 Å². The molecule has 0 aromatic heterocycles. The van der Waals surface area contributed by atoms with Gasteiger partial charge in [-0.25, -0.2) is 12.8 Å². The lowest BCUT2D eigenvalue weighted by molar-refractivity contribution is 0.171. The first-order valence-corrected chi connectivity index (χ1v) is 6.60. The van der Waals surface area contributed by atoms with E-state index in [2.05, 4.69) is 0 Å². The average Bonchev–Trinajstić information content (AvgIpc) is 2.20. The minimum absolute atomic E-state index is 0.0295. The van der Waals surface area contributed by atoms with Crippen molar-refractivity contribution in [2.45, 2.75) is 24.8 Å². The highest BCUT2D eigenvalue weighted by molar-refractivity contribution is 7.89. The summed E-state index contributed by atoms with van der Waals surface area (Å²) in [5.41, 5.74) is 0.0879. The van der Waals surface area contributed by atoms with E-state index in [4.69, 9.17) is 0 Å². The number of rotatable bonds is 4. The van der Waals surface area contributed by atoms with Crippen molar-refractivity contribution in [2.75, 3.05) is 13.6 Å². The Morgan fingerprint density at radius 1 is 1.47 bits per heavy atom. The maximum atomic E-state index is 13.3. The molecule has 1 rings (SSSR count). The number of aliphatic hydroxyl groups is 1. The van der Waals surface area contributed by atoms with Gasteiger partial charge in [0.2, 0.25) is 10.0 Å². The molecule has 17 heavy (non-hydrogen) atoms. The average molecular weight is 261 g/mol. The Bertz CT molecular complexity index is 499. The van der Waals surface area contributed by atoms with Gasteiger partial charge in [0.1, 0.15) is 5.82 Å². The molecule has 1 N–H and O–H groups in total. The predicted octanol–water partition coefficient (Wildman–Crippen LogP) is 1.14. The number of aliphatic hydroxyl groups excluding tert-OH is 1. The third-order valence-corrected chi connectivity index (χ3v) is 4.40. The number of sulfonamides is 1. The van der Waals surface area contributed by atoms with Crippen molar-refractivity contribution in [1.29, 1.82) is 0 Å². The summed E-state index contributed by atoms with van der Waals surface area (Å²) in [7, 11) is -2.40. The Morgan fingerprint density at radius 2 is 2.06 bits per heavy atom. The number of hydrogen-bond acceptors (Lipinski definition) is 3. The van der Waals surface area contributed by atoms with E-state index in [1.165, 1.54) is 39.1 Å². The van der Waals surface area contributed by atoms with E-state index >= 15 is 0 Å². The predicted molar refractivity (Wildman–Crippen MR) is 62.6 cm³/mol. The Kier molecular flexibility index (Phi) is 4.24. The van der Waals surface area contributed by atoms with Crippen LogP contribution in [0.4, 0.5) is 4.39 Å². The van der Waals surface area contributed by atoms with Gasteiger partial charge in [0, 0.05) is 19.2 Å². The van der Waals surface area contributed by atoms with Crippen molar-refractivity contribution < 1.29 is 17.9 Å². The van der Waals surface area contributed by atoms with E-state index in [-0.39, 0.29) is 17.0 Å². The molecule has 4 nitrogen and oxygen atoms in total. The van der Waals surface area contributed by atoms with Crippen LogP contribution in [0.3, 0.4) is 0 Å². The maximum Gasteiger partial charge on any atom is 0.243 e. The van der Waals surface area contributed by atoms with E-state index in [1.54, 1.807) is 0 Å². The van der Waals surface area contributed by atoms with Crippen LogP contribution in [0.1, 0.15) is 12.5 Å². The molecule has 0 aliphatic carbocycles. The molecule has 0 fully saturated rings. The first-order chi connectivity index (χ1) is 7.76. The topological polar surface area (TPSA) is 57.6 Å². The Morgan fingerprint density at radius 3 is 2.59 bits per heavy atom. The van der Waals surface area contributed by atoms with Crippen LogP contribution in [0.25, 0.3) is 0 Å². The molecule has 0 heterocycles. The molecule has 0 aliphatic heterocycles. The molecule has 1 unspecified atom stereocenters. The van der Waals surface area contributed by atoms with Crippen LogP contribution in [0.5, 0.6) is 0 Å². The SMILES string of the molecule is Cc1c(F)cccc1S(=O)(=O)N(C)CC(C)O. The minimum Gasteiger partial charge on any atom is -0.392 e. The molecule has 6 heteroatoms. The molecular weight excluding hydrogens is 245 g/mol. The first kappa shape index (κ1) is 14.1. The molecule has 0 aliphatic rings. The molecule has 0 radical (unpaired) electrons. The normalized spacial score (nSPS) is 14.0. The zero-order valence-corrected chi connectivity index (χ0v) is 10.8. The van der Waals surface area contributed by atoms with Crippen molar-refractivity contribution in [1.82, 2.24) is 4.31 Å². The van der Waals surface area contributed by atoms with Gasteiger partial charge >= 0.3 is 0 Å². The summed E-state index contributed by atoms with van der Waals surface area (Å²) in [6, 6.07) is 3.92. The minimum atomic E-state index is -3.75. The standard InChI is InChI=1S/C11H16FNO3S/c1-8(14)7-13(3)17(15,16)11-6-4-5-10(12)9(11)2/h4-6,8,14H,7H2,1-3H3. The number of nitrogens with zero attached hydrogens (tertiary/aromatic N) is 1. The van der Waals surface area contributed by atoms with Crippen LogP contribution in [-0.2, 0) is 10.0 Å². The number of likely N-dealkylation sites (N-methyl/N-ethyl adjacent to an activating group) is 1. The summed E-state index contributed by atoms with van der Waals surface area (Å²) in [4.78, 5) is -0.0688. The van der Waals surface area contributed by atoms with Crippen molar-refractivity contribution in [2.24, 2.45) is 0 Å². The second kappa shape index (κ2) is 5.12. The van der Waals surface area contributed by atoms with E-state index in [1.807, 2.05) is 0 Å². The maximum absolute atomic E-state index is 13.3. The quantitative estimate of drug-likeness (QED) is 0.884. The van der Waals surface area contributed by atoms with Crippen molar-refractivity contribution in [3.05, 3.63) is 29.6 Å². The van der Waals surface area contributed by atoms with Crippen molar-refractivity contribution >= 4 is 10.0 Å². The van der Waals surface area contributed by atoms with Crippen LogP contribution < -0.4 is 0 Å².